The molecule has 1 unspecified atom stereocenters. The maximum Gasteiger partial charge on any atom is 0.295 e. The number of benzene rings is 2. The third-order valence-corrected chi connectivity index (χ3v) is 8.12. The van der Waals surface area contributed by atoms with Gasteiger partial charge in [-0.1, -0.05) is 12.1 Å². The number of carbonyl (C=O) groups excluding carboxylic acids is 2. The van der Waals surface area contributed by atoms with E-state index in [2.05, 4.69) is 0 Å². The molecule has 0 bridgehead atoms. The van der Waals surface area contributed by atoms with Crippen molar-refractivity contribution in [3.05, 3.63) is 65.2 Å². The molecule has 2 fully saturated rings. The lowest BCUT2D eigenvalue weighted by atomic mass is 9.95. The van der Waals surface area contributed by atoms with Gasteiger partial charge in [0, 0.05) is 38.9 Å². The molecule has 2 aliphatic rings. The van der Waals surface area contributed by atoms with Crippen LogP contribution in [0.2, 0.25) is 0 Å². The van der Waals surface area contributed by atoms with E-state index in [0.29, 0.717) is 31.8 Å². The molecular weight excluding hydrogens is 488 g/mol. The van der Waals surface area contributed by atoms with E-state index in [-0.39, 0.29) is 41.4 Å². The number of phenolic OH excluding ortho intramolecular Hbond substituents is 1. The number of hydrogen-bond donors (Lipinski definition) is 2. The Balaban J connectivity index is 1.72. The van der Waals surface area contributed by atoms with Gasteiger partial charge in [-0.25, -0.2) is 8.42 Å². The summed E-state index contributed by atoms with van der Waals surface area (Å²) in [6.45, 7) is 1.71. The maximum atomic E-state index is 13.0. The Bertz CT molecular complexity index is 1270. The van der Waals surface area contributed by atoms with Crippen LogP contribution in [0.25, 0.3) is 5.76 Å². The zero-order valence-corrected chi connectivity index (χ0v) is 20.6. The summed E-state index contributed by atoms with van der Waals surface area (Å²) < 4.78 is 37.4. The first-order valence-electron chi connectivity index (χ1n) is 11.5. The summed E-state index contributed by atoms with van der Waals surface area (Å²) >= 11 is 0. The zero-order valence-electron chi connectivity index (χ0n) is 19.8. The molecule has 10 nitrogen and oxygen atoms in total. The van der Waals surface area contributed by atoms with Crippen molar-refractivity contribution in [2.45, 2.75) is 17.4 Å². The minimum atomic E-state index is -3.74. The average Bonchev–Trinajstić information content (AvgIpc) is 3.14. The van der Waals surface area contributed by atoms with Crippen molar-refractivity contribution in [3.8, 4) is 5.75 Å². The number of methoxy groups -OCH3 is 1. The summed E-state index contributed by atoms with van der Waals surface area (Å²) in [6, 6.07) is 10.7. The van der Waals surface area contributed by atoms with Crippen LogP contribution in [0, 0.1) is 0 Å². The number of carbonyl (C=O) groups is 2. The fraction of sp³-hybridized carbons (Fsp3) is 0.360. The molecule has 2 aliphatic heterocycles. The number of aliphatic hydroxyl groups excluding tert-OH is 1. The van der Waals surface area contributed by atoms with Crippen LogP contribution in [-0.4, -0.2) is 86.1 Å². The molecule has 0 radical (unpaired) electrons. The molecule has 2 heterocycles. The number of likely N-dealkylation sites (tertiary alicyclic amines) is 1. The number of morpholine rings is 1. The number of phenols is 1. The number of amides is 1. The summed E-state index contributed by atoms with van der Waals surface area (Å²) in [4.78, 5) is 27.3. The van der Waals surface area contributed by atoms with E-state index in [1.54, 1.807) is 12.1 Å². The van der Waals surface area contributed by atoms with E-state index >= 15 is 0 Å². The maximum absolute atomic E-state index is 13.0. The van der Waals surface area contributed by atoms with Crippen LogP contribution in [0.4, 0.5) is 0 Å². The Morgan fingerprint density at radius 3 is 2.44 bits per heavy atom. The summed E-state index contributed by atoms with van der Waals surface area (Å²) in [6.07, 6.45) is 0.465. The lowest BCUT2D eigenvalue weighted by Crippen LogP contribution is -2.40. The van der Waals surface area contributed by atoms with Crippen LogP contribution < -0.4 is 0 Å². The third-order valence-electron chi connectivity index (χ3n) is 6.21. The van der Waals surface area contributed by atoms with E-state index in [1.807, 2.05) is 0 Å². The third kappa shape index (κ3) is 5.00. The van der Waals surface area contributed by atoms with Crippen molar-refractivity contribution < 1.29 is 37.7 Å². The number of rotatable bonds is 8. The minimum Gasteiger partial charge on any atom is -0.508 e. The van der Waals surface area contributed by atoms with E-state index in [9.17, 15) is 28.2 Å². The van der Waals surface area contributed by atoms with Gasteiger partial charge in [0.2, 0.25) is 10.0 Å². The van der Waals surface area contributed by atoms with Gasteiger partial charge in [-0.05, 0) is 48.4 Å². The Kier molecular flexibility index (Phi) is 7.74. The molecule has 0 spiro atoms. The van der Waals surface area contributed by atoms with Crippen LogP contribution >= 0.6 is 0 Å². The first kappa shape index (κ1) is 25.8. The van der Waals surface area contributed by atoms with Crippen molar-refractivity contribution in [2.24, 2.45) is 0 Å². The molecule has 11 heteroatoms. The van der Waals surface area contributed by atoms with Crippen molar-refractivity contribution >= 4 is 27.5 Å². The smallest absolute Gasteiger partial charge is 0.295 e. The van der Waals surface area contributed by atoms with Gasteiger partial charge in [-0.3, -0.25) is 9.59 Å². The molecular formula is C25H28N2O8S. The van der Waals surface area contributed by atoms with Crippen LogP contribution in [0.15, 0.2) is 59.0 Å². The first-order valence-corrected chi connectivity index (χ1v) is 12.9. The fourth-order valence-corrected chi connectivity index (χ4v) is 5.82. The number of sulfonamides is 1. The van der Waals surface area contributed by atoms with E-state index in [0.717, 1.165) is 0 Å². The second-order valence-electron chi connectivity index (χ2n) is 8.47. The van der Waals surface area contributed by atoms with Crippen molar-refractivity contribution in [3.63, 3.8) is 0 Å². The van der Waals surface area contributed by atoms with Gasteiger partial charge in [0.1, 0.15) is 11.5 Å². The molecule has 2 aromatic rings. The summed E-state index contributed by atoms with van der Waals surface area (Å²) in [5, 5.41) is 21.2. The predicted octanol–water partition coefficient (Wildman–Crippen LogP) is 1.87. The number of Topliss-reactive ketones (excluding diaryl/α,β-unsaturated/α-hetero) is 1. The van der Waals surface area contributed by atoms with Crippen molar-refractivity contribution in [1.29, 1.82) is 0 Å². The van der Waals surface area contributed by atoms with Gasteiger partial charge >= 0.3 is 0 Å². The van der Waals surface area contributed by atoms with Gasteiger partial charge < -0.3 is 24.6 Å². The highest BCUT2D eigenvalue weighted by Crippen LogP contribution is 2.40. The second kappa shape index (κ2) is 10.8. The van der Waals surface area contributed by atoms with Crippen molar-refractivity contribution in [2.75, 3.05) is 46.6 Å². The highest BCUT2D eigenvalue weighted by molar-refractivity contribution is 7.89. The lowest BCUT2D eigenvalue weighted by molar-refractivity contribution is -0.140. The topological polar surface area (TPSA) is 134 Å². The zero-order chi connectivity index (χ0) is 25.9. The number of ether oxygens (including phenoxy) is 2. The van der Waals surface area contributed by atoms with Gasteiger partial charge in [0.15, 0.2) is 0 Å². The van der Waals surface area contributed by atoms with Gasteiger partial charge in [-0.2, -0.15) is 4.31 Å². The standard InChI is InChI=1S/C25H28N2O8S/c1-34-13-3-10-27-22(18-4-2-5-19(28)16-18)21(24(30)25(27)31)23(29)17-6-8-20(9-7-17)36(32,33)26-11-14-35-15-12-26/h2,4-9,16,22,28-29H,3,10-15H2,1H3/b23-21+. The number of aliphatic hydroxyl groups is 1. The molecule has 0 saturated carbocycles. The van der Waals surface area contributed by atoms with Gasteiger partial charge in [0.05, 0.1) is 29.7 Å². The van der Waals surface area contributed by atoms with Crippen LogP contribution in [-0.2, 0) is 29.1 Å². The lowest BCUT2D eigenvalue weighted by Gasteiger charge is -2.26. The Morgan fingerprint density at radius 2 is 1.81 bits per heavy atom. The highest BCUT2D eigenvalue weighted by Gasteiger charge is 2.46. The Labute approximate surface area is 209 Å². The van der Waals surface area contributed by atoms with Crippen molar-refractivity contribution in [1.82, 2.24) is 9.21 Å². The number of hydrogen-bond acceptors (Lipinski definition) is 8. The minimum absolute atomic E-state index is 0.0468. The Hall–Kier alpha value is -3.25. The molecule has 1 atom stereocenters. The van der Waals surface area contributed by atoms with Gasteiger partial charge in [-0.15, -0.1) is 0 Å². The predicted molar refractivity (Wildman–Crippen MR) is 130 cm³/mol. The molecule has 36 heavy (non-hydrogen) atoms. The molecule has 2 saturated heterocycles. The molecule has 1 amide bonds. The van der Waals surface area contributed by atoms with Crippen LogP contribution in [0.5, 0.6) is 5.75 Å². The first-order chi connectivity index (χ1) is 17.3. The number of nitrogens with zero attached hydrogens (tertiary/aromatic N) is 2. The molecule has 4 rings (SSSR count). The normalized spacial score (nSPS) is 20.7. The van der Waals surface area contributed by atoms with E-state index < -0.39 is 33.5 Å². The number of aromatic hydroxyl groups is 1. The molecule has 192 valence electrons. The van der Waals surface area contributed by atoms with E-state index in [4.69, 9.17) is 9.47 Å². The molecule has 2 N–H and O–H groups in total. The molecule has 0 aromatic heterocycles. The molecule has 2 aromatic carbocycles. The summed E-state index contributed by atoms with van der Waals surface area (Å²) in [5.74, 6) is -2.10. The second-order valence-corrected chi connectivity index (χ2v) is 10.4. The summed E-state index contributed by atoms with van der Waals surface area (Å²) in [7, 11) is -2.20. The summed E-state index contributed by atoms with van der Waals surface area (Å²) in [5.41, 5.74) is 0.516. The number of ketones is 1. The van der Waals surface area contributed by atoms with Crippen LogP contribution in [0.3, 0.4) is 0 Å². The van der Waals surface area contributed by atoms with E-state index in [1.165, 1.54) is 52.7 Å². The fourth-order valence-electron chi connectivity index (χ4n) is 4.41. The largest absolute Gasteiger partial charge is 0.508 e. The molecule has 0 aliphatic carbocycles. The monoisotopic (exact) mass is 516 g/mol. The SMILES string of the molecule is COCCCN1C(=O)C(=O)/C(=C(/O)c2ccc(S(=O)(=O)N3CCOCC3)cc2)C1c1cccc(O)c1. The average molecular weight is 517 g/mol. The van der Waals surface area contributed by atoms with Crippen LogP contribution in [0.1, 0.15) is 23.6 Å². The quantitative estimate of drug-likeness (QED) is 0.235. The Morgan fingerprint density at radius 1 is 1.11 bits per heavy atom. The van der Waals surface area contributed by atoms with Gasteiger partial charge in [0.25, 0.3) is 11.7 Å². The highest BCUT2D eigenvalue weighted by atomic mass is 32.2.